The Balaban J connectivity index is -0.000000114. The van der Waals surface area contributed by atoms with Gasteiger partial charge in [-0.05, 0) is 7.05 Å². The molecule has 2 nitrogen and oxygen atoms in total. The molecule has 4 heteroatoms. The summed E-state index contributed by atoms with van der Waals surface area (Å²) < 4.78 is 0. The van der Waals surface area contributed by atoms with Crippen LogP contribution in [0.5, 0.6) is 0 Å². The summed E-state index contributed by atoms with van der Waals surface area (Å²) in [4.78, 5) is 11.0. The molecule has 0 aromatic rings. The maximum atomic E-state index is 8.99. The van der Waals surface area contributed by atoms with Gasteiger partial charge in [-0.2, -0.15) is 0 Å². The van der Waals surface area contributed by atoms with Gasteiger partial charge in [0.05, 0.1) is 0 Å². The van der Waals surface area contributed by atoms with E-state index in [4.69, 9.17) is 4.79 Å². The first kappa shape index (κ1) is 17.8. The van der Waals surface area contributed by atoms with Crippen molar-refractivity contribution in [3.05, 3.63) is 13.8 Å². The smallest absolute Gasteiger partial charge is 0.549 e. The first-order valence-corrected chi connectivity index (χ1v) is 3.15. The zero-order valence-corrected chi connectivity index (χ0v) is 10.2. The van der Waals surface area contributed by atoms with Crippen LogP contribution in [0.15, 0.2) is 0 Å². The van der Waals surface area contributed by atoms with Gasteiger partial charge in [0.25, 0.3) is 0 Å². The third-order valence-corrected chi connectivity index (χ3v) is 0.881. The molecule has 0 heterocycles. The van der Waals surface area contributed by atoms with Crippen LogP contribution in [-0.2, 0) is 37.5 Å². The van der Waals surface area contributed by atoms with E-state index in [1.54, 1.807) is 13.0 Å². The van der Waals surface area contributed by atoms with E-state index in [0.29, 0.717) is 0 Å². The van der Waals surface area contributed by atoms with Crippen LogP contribution in [0, 0.1) is 13.8 Å². The standard InChI is InChI=1S/C5H11N.C2H3BO.Y/c1-4-6(3)5-2;1-3-2-4;/h1-2,4-5H2,3H3;1H3;/q-2;-1;+3. The Kier molecular flexibility index (Phi) is 27.5. The monoisotopic (exact) mass is 228 g/mol. The van der Waals surface area contributed by atoms with E-state index in [9.17, 15) is 0 Å². The minimum atomic E-state index is 0. The zero-order valence-electron chi connectivity index (χ0n) is 7.34. The van der Waals surface area contributed by atoms with Gasteiger partial charge in [0.15, 0.2) is 0 Å². The second-order valence-corrected chi connectivity index (χ2v) is 1.71. The largest absolute Gasteiger partial charge is 3.00 e. The molecule has 0 spiro atoms. The van der Waals surface area contributed by atoms with Crippen molar-refractivity contribution in [1.82, 2.24) is 4.90 Å². The second-order valence-electron chi connectivity index (χ2n) is 1.71. The Morgan fingerprint density at radius 2 is 1.73 bits per heavy atom. The van der Waals surface area contributed by atoms with E-state index in [1.807, 2.05) is 11.9 Å². The van der Waals surface area contributed by atoms with Gasteiger partial charge in [-0.15, -0.1) is 19.9 Å². The molecule has 0 rings (SSSR count). The van der Waals surface area contributed by atoms with Crippen LogP contribution in [0.1, 0.15) is 0 Å². The van der Waals surface area contributed by atoms with Crippen LogP contribution in [0.25, 0.3) is 0 Å². The number of nitrogens with zero attached hydrogens (tertiary/aromatic N) is 1. The van der Waals surface area contributed by atoms with Crippen LogP contribution >= 0.6 is 0 Å². The normalized spacial score (nSPS) is 7.36. The summed E-state index contributed by atoms with van der Waals surface area (Å²) in [5, 5.41) is 0. The third kappa shape index (κ3) is 24.9. The Morgan fingerprint density at radius 1 is 1.45 bits per heavy atom. The molecule has 1 radical (unpaired) electrons. The number of hydrogen-bond acceptors (Lipinski definition) is 2. The molecule has 0 atom stereocenters. The summed E-state index contributed by atoms with van der Waals surface area (Å²) in [5.41, 5.74) is 0. The first-order chi connectivity index (χ1) is 4.72. The molecular weight excluding hydrogens is 214 g/mol. The van der Waals surface area contributed by atoms with Gasteiger partial charge in [0, 0.05) is 0 Å². The Morgan fingerprint density at radius 3 is 1.73 bits per heavy atom. The molecule has 0 aliphatic carbocycles. The van der Waals surface area contributed by atoms with E-state index in [1.165, 1.54) is 7.28 Å². The summed E-state index contributed by atoms with van der Waals surface area (Å²) in [6.07, 6.45) is 1.56. The number of hydrogen-bond donors (Lipinski definition) is 0. The van der Waals surface area contributed by atoms with E-state index in [0.717, 1.165) is 13.1 Å². The number of carbonyl (C=O) groups excluding carboxylic acids is 1. The van der Waals surface area contributed by atoms with E-state index in [2.05, 4.69) is 13.8 Å². The van der Waals surface area contributed by atoms with Crippen molar-refractivity contribution in [3.8, 4) is 0 Å². The SMILES string of the molecule is C[B][C-]=O.[CH2-]CN(C)C[CH2-].[Y+3]. The fraction of sp³-hybridized carbons (Fsp3) is 0.571. The topological polar surface area (TPSA) is 20.3 Å². The molecule has 0 amide bonds. The van der Waals surface area contributed by atoms with Crippen LogP contribution in [0.2, 0.25) is 6.82 Å². The molecular formula is C7H14BNOY. The molecule has 0 aromatic heterocycles. The van der Waals surface area contributed by atoms with Crippen molar-refractivity contribution < 1.29 is 37.5 Å². The molecule has 0 saturated carbocycles. The molecule has 0 saturated heterocycles. The zero-order chi connectivity index (χ0) is 8.41. The van der Waals surface area contributed by atoms with Crippen molar-refractivity contribution in [3.63, 3.8) is 0 Å². The predicted molar refractivity (Wildman–Crippen MR) is 45.5 cm³/mol. The van der Waals surface area contributed by atoms with E-state index in [-0.39, 0.29) is 32.7 Å². The van der Waals surface area contributed by atoms with Gasteiger partial charge in [0.1, 0.15) is 0 Å². The minimum absolute atomic E-state index is 0. The van der Waals surface area contributed by atoms with Gasteiger partial charge < -0.3 is 23.5 Å². The van der Waals surface area contributed by atoms with Crippen molar-refractivity contribution in [2.75, 3.05) is 20.1 Å². The molecule has 0 aromatic carbocycles. The predicted octanol–water partition coefficient (Wildman–Crippen LogP) is 0.390. The molecule has 59 valence electrons. The third-order valence-electron chi connectivity index (χ3n) is 0.881. The Bertz CT molecular complexity index is 69.5. The summed E-state index contributed by atoms with van der Waals surface area (Å²) in [5.74, 6) is 0. The average Bonchev–Trinajstić information content (AvgIpc) is 2.03. The minimum Gasteiger partial charge on any atom is -0.549 e. The van der Waals surface area contributed by atoms with Gasteiger partial charge in [-0.25, -0.2) is 0 Å². The summed E-state index contributed by atoms with van der Waals surface area (Å²) in [7, 11) is 3.31. The molecule has 0 aliphatic heterocycles. The van der Waals surface area contributed by atoms with Gasteiger partial charge in [-0.1, -0.05) is 7.28 Å². The van der Waals surface area contributed by atoms with Crippen molar-refractivity contribution in [2.45, 2.75) is 6.82 Å². The van der Waals surface area contributed by atoms with E-state index < -0.39 is 0 Å². The van der Waals surface area contributed by atoms with Crippen LogP contribution in [0.4, 0.5) is 0 Å². The molecule has 0 unspecified atom stereocenters. The van der Waals surface area contributed by atoms with Gasteiger partial charge >= 0.3 is 32.7 Å². The molecule has 0 fully saturated rings. The first-order valence-electron chi connectivity index (χ1n) is 3.15. The van der Waals surface area contributed by atoms with Gasteiger partial charge in [-0.3, -0.25) is 6.19 Å². The molecule has 0 aliphatic rings. The summed E-state index contributed by atoms with van der Waals surface area (Å²) in [6.45, 7) is 10.6. The van der Waals surface area contributed by atoms with E-state index >= 15 is 0 Å². The number of rotatable bonds is 3. The Labute approximate surface area is 96.2 Å². The van der Waals surface area contributed by atoms with Crippen molar-refractivity contribution >= 4 is 13.5 Å². The quantitative estimate of drug-likeness (QED) is 0.514. The second kappa shape index (κ2) is 17.0. The summed E-state index contributed by atoms with van der Waals surface area (Å²) >= 11 is 0. The molecule has 0 N–H and O–H groups in total. The average molecular weight is 228 g/mol. The fourth-order valence-electron chi connectivity index (χ4n) is 0.112. The van der Waals surface area contributed by atoms with Gasteiger partial charge in [0.2, 0.25) is 0 Å². The molecule has 0 bridgehead atoms. The summed E-state index contributed by atoms with van der Waals surface area (Å²) in [6, 6.07) is 0. The fourth-order valence-corrected chi connectivity index (χ4v) is 0.112. The maximum Gasteiger partial charge on any atom is 3.00 e. The van der Waals surface area contributed by atoms with Crippen LogP contribution in [0.3, 0.4) is 0 Å². The Hall–Kier alpha value is 0.799. The maximum absolute atomic E-state index is 8.99. The molecule has 11 heavy (non-hydrogen) atoms. The van der Waals surface area contributed by atoms with Crippen LogP contribution in [-0.4, -0.2) is 38.5 Å². The van der Waals surface area contributed by atoms with Crippen molar-refractivity contribution in [2.24, 2.45) is 0 Å². The van der Waals surface area contributed by atoms with Crippen molar-refractivity contribution in [1.29, 1.82) is 0 Å². The van der Waals surface area contributed by atoms with Crippen LogP contribution < -0.4 is 0 Å².